The van der Waals surface area contributed by atoms with Crippen molar-refractivity contribution in [1.29, 1.82) is 0 Å². The van der Waals surface area contributed by atoms with Crippen LogP contribution in [0.25, 0.3) is 0 Å². The third-order valence-corrected chi connectivity index (χ3v) is 11.7. The quantitative estimate of drug-likeness (QED) is 0.242. The first kappa shape index (κ1) is 43.1. The maximum atomic E-state index is 14.0. The van der Waals surface area contributed by atoms with Crippen molar-refractivity contribution in [2.45, 2.75) is 181 Å². The molecule has 3 aliphatic rings. The number of likely N-dealkylation sites (N-methyl/N-ethyl adjacent to an activating group) is 1. The predicted molar refractivity (Wildman–Crippen MR) is 185 cm³/mol. The number of rotatable bonds is 7. The Balaban J connectivity index is 2.16. The Morgan fingerprint density at radius 1 is 0.880 bits per heavy atom. The van der Waals surface area contributed by atoms with E-state index in [1.807, 2.05) is 32.7 Å². The number of esters is 1. The highest BCUT2D eigenvalue weighted by Crippen LogP contribution is 2.40. The SMILES string of the molecule is CC[C@H]1OC(=O)[C@H](C)[C@@H](O[C@H]2C[C@H](C)[C@@H](O)[C@H](C)O2)[C@H](C)[C@@H](O[C@@H]2O[C@H](C)C[C@H](N(C)CC)[C@H]2O)[C@](C)(O)C[C@@H](C)C(=O)[C@H](C)[C@@H](O)[C@]1(C)O. The third-order valence-electron chi connectivity index (χ3n) is 11.7. The van der Waals surface area contributed by atoms with E-state index in [2.05, 4.69) is 0 Å². The van der Waals surface area contributed by atoms with Crippen LogP contribution in [-0.2, 0) is 33.3 Å². The van der Waals surface area contributed by atoms with E-state index in [-0.39, 0.29) is 30.9 Å². The Bertz CT molecular complexity index is 1110. The van der Waals surface area contributed by atoms with Crippen molar-refractivity contribution in [3.8, 4) is 0 Å². The number of cyclic esters (lactones) is 1. The Labute approximate surface area is 298 Å². The lowest BCUT2D eigenvalue weighted by Gasteiger charge is -2.48. The average molecular weight is 718 g/mol. The summed E-state index contributed by atoms with van der Waals surface area (Å²) >= 11 is 0. The molecule has 5 N–H and O–H groups in total. The number of ether oxygens (including phenoxy) is 5. The molecular weight excluding hydrogens is 650 g/mol. The molecule has 0 aliphatic carbocycles. The van der Waals surface area contributed by atoms with Crippen LogP contribution in [0.3, 0.4) is 0 Å². The normalized spacial score (nSPS) is 49.0. The van der Waals surface area contributed by atoms with Gasteiger partial charge in [-0.1, -0.05) is 41.5 Å². The summed E-state index contributed by atoms with van der Waals surface area (Å²) in [6.45, 7) is 19.3. The molecule has 0 saturated carbocycles. The molecular formula is C37H67NO12. The molecule has 0 amide bonds. The van der Waals surface area contributed by atoms with Gasteiger partial charge in [0.25, 0.3) is 0 Å². The van der Waals surface area contributed by atoms with Crippen molar-refractivity contribution in [1.82, 2.24) is 4.90 Å². The van der Waals surface area contributed by atoms with Gasteiger partial charge in [0.1, 0.15) is 23.6 Å². The van der Waals surface area contributed by atoms with Crippen molar-refractivity contribution in [3.63, 3.8) is 0 Å². The van der Waals surface area contributed by atoms with Crippen LogP contribution in [0, 0.1) is 29.6 Å². The molecule has 0 aromatic heterocycles. The van der Waals surface area contributed by atoms with E-state index in [9.17, 15) is 35.1 Å². The van der Waals surface area contributed by atoms with Crippen LogP contribution in [0.4, 0.5) is 0 Å². The second kappa shape index (κ2) is 17.3. The minimum atomic E-state index is -1.97. The van der Waals surface area contributed by atoms with E-state index in [0.717, 1.165) is 0 Å². The predicted octanol–water partition coefficient (Wildman–Crippen LogP) is 2.41. The van der Waals surface area contributed by atoms with Gasteiger partial charge >= 0.3 is 5.97 Å². The summed E-state index contributed by atoms with van der Waals surface area (Å²) in [5.41, 5.74) is -3.73. The van der Waals surface area contributed by atoms with Crippen LogP contribution in [0.1, 0.15) is 102 Å². The standard InChI is InChI=1S/C37H67NO12/c1-13-26-37(11,45)32(42)21(6)28(39)19(4)17-36(10,44)33(50-35-30(41)25(38(12)14-2)16-20(5)46-35)22(7)31(23(8)34(43)48-26)49-27-15-18(3)29(40)24(9)47-27/h18-27,29-33,35,40-42,44-45H,13-17H2,1-12H3/t18-,19+,20+,21-,22-,23+,24-,25-,26+,27-,29+,30+,31-,32+,33+,35-,36+,37+/m0/s1. The van der Waals surface area contributed by atoms with E-state index < -0.39 is 102 Å². The topological polar surface area (TPSA) is 185 Å². The second-order valence-corrected chi connectivity index (χ2v) is 16.1. The molecule has 3 saturated heterocycles. The number of aliphatic hydroxyl groups excluding tert-OH is 3. The molecule has 13 nitrogen and oxygen atoms in total. The number of carbonyl (C=O) groups is 2. The van der Waals surface area contributed by atoms with Crippen molar-refractivity contribution in [2.24, 2.45) is 29.6 Å². The van der Waals surface area contributed by atoms with E-state index in [4.69, 9.17) is 23.7 Å². The molecule has 3 fully saturated rings. The number of carbonyl (C=O) groups excluding carboxylic acids is 2. The average Bonchev–Trinajstić information content (AvgIpc) is 3.05. The smallest absolute Gasteiger partial charge is 0.311 e. The van der Waals surface area contributed by atoms with Crippen LogP contribution >= 0.6 is 0 Å². The van der Waals surface area contributed by atoms with Crippen molar-refractivity contribution >= 4 is 11.8 Å². The molecule has 0 aromatic rings. The molecule has 0 spiro atoms. The summed E-state index contributed by atoms with van der Waals surface area (Å²) < 4.78 is 31.4. The van der Waals surface area contributed by atoms with Gasteiger partial charge in [-0.2, -0.15) is 0 Å². The molecule has 0 bridgehead atoms. The molecule has 50 heavy (non-hydrogen) atoms. The van der Waals surface area contributed by atoms with Crippen LogP contribution in [0.15, 0.2) is 0 Å². The van der Waals surface area contributed by atoms with Gasteiger partial charge in [-0.25, -0.2) is 0 Å². The summed E-state index contributed by atoms with van der Waals surface area (Å²) in [6, 6.07) is -0.292. The second-order valence-electron chi connectivity index (χ2n) is 16.1. The fourth-order valence-corrected chi connectivity index (χ4v) is 8.34. The van der Waals surface area contributed by atoms with Crippen LogP contribution in [0.2, 0.25) is 0 Å². The van der Waals surface area contributed by atoms with Gasteiger partial charge in [0.2, 0.25) is 0 Å². The van der Waals surface area contributed by atoms with E-state index in [1.165, 1.54) is 13.8 Å². The first-order valence-corrected chi connectivity index (χ1v) is 18.6. The highest BCUT2D eigenvalue weighted by molar-refractivity contribution is 5.83. The molecule has 0 unspecified atom stereocenters. The number of aliphatic hydroxyl groups is 5. The summed E-state index contributed by atoms with van der Waals surface area (Å²) in [5, 5.41) is 57.3. The maximum absolute atomic E-state index is 14.0. The van der Waals surface area contributed by atoms with Crippen LogP contribution in [-0.4, -0.2) is 134 Å². The van der Waals surface area contributed by atoms with Gasteiger partial charge in [-0.05, 0) is 73.4 Å². The molecule has 13 heteroatoms. The van der Waals surface area contributed by atoms with E-state index in [1.54, 1.807) is 41.5 Å². The van der Waals surface area contributed by atoms with Gasteiger partial charge in [-0.15, -0.1) is 0 Å². The zero-order chi connectivity index (χ0) is 38.0. The zero-order valence-corrected chi connectivity index (χ0v) is 32.3. The van der Waals surface area contributed by atoms with Gasteiger partial charge in [0.15, 0.2) is 12.6 Å². The lowest BCUT2D eigenvalue weighted by Crippen LogP contribution is -2.60. The third kappa shape index (κ3) is 9.45. The van der Waals surface area contributed by atoms with Gasteiger partial charge < -0.3 is 54.1 Å². The minimum Gasteiger partial charge on any atom is -0.459 e. The van der Waals surface area contributed by atoms with E-state index in [0.29, 0.717) is 19.4 Å². The Morgan fingerprint density at radius 2 is 1.50 bits per heavy atom. The minimum absolute atomic E-state index is 0.111. The lowest BCUT2D eigenvalue weighted by atomic mass is 9.74. The number of Topliss-reactive ketones (excluding diaryl/α,β-unsaturated/α-hetero) is 1. The van der Waals surface area contributed by atoms with Crippen LogP contribution < -0.4 is 0 Å². The van der Waals surface area contributed by atoms with Crippen molar-refractivity contribution in [3.05, 3.63) is 0 Å². The van der Waals surface area contributed by atoms with Gasteiger partial charge in [0.05, 0.1) is 48.1 Å². The fourth-order valence-electron chi connectivity index (χ4n) is 8.34. The summed E-state index contributed by atoms with van der Waals surface area (Å²) in [5.74, 6) is -4.96. The fraction of sp³-hybridized carbons (Fsp3) is 0.946. The highest BCUT2D eigenvalue weighted by Gasteiger charge is 2.52. The Morgan fingerprint density at radius 3 is 2.06 bits per heavy atom. The molecule has 0 radical (unpaired) electrons. The highest BCUT2D eigenvalue weighted by atomic mass is 16.7. The maximum Gasteiger partial charge on any atom is 0.311 e. The molecule has 3 heterocycles. The van der Waals surface area contributed by atoms with Crippen molar-refractivity contribution in [2.75, 3.05) is 13.6 Å². The molecule has 292 valence electrons. The largest absolute Gasteiger partial charge is 0.459 e. The molecule has 18 atom stereocenters. The first-order valence-electron chi connectivity index (χ1n) is 18.6. The summed E-state index contributed by atoms with van der Waals surface area (Å²) in [6.07, 6.45) is -8.61. The monoisotopic (exact) mass is 717 g/mol. The lowest BCUT2D eigenvalue weighted by molar-refractivity contribution is -0.310. The summed E-state index contributed by atoms with van der Waals surface area (Å²) in [7, 11) is 1.91. The van der Waals surface area contributed by atoms with E-state index >= 15 is 0 Å². The van der Waals surface area contributed by atoms with Gasteiger partial charge in [0, 0.05) is 30.2 Å². The summed E-state index contributed by atoms with van der Waals surface area (Å²) in [4.78, 5) is 29.8. The number of hydrogen-bond donors (Lipinski definition) is 5. The Hall–Kier alpha value is -1.26. The molecule has 3 rings (SSSR count). The molecule has 0 aromatic carbocycles. The van der Waals surface area contributed by atoms with Gasteiger partial charge in [-0.3, -0.25) is 9.59 Å². The van der Waals surface area contributed by atoms with Crippen molar-refractivity contribution < 1.29 is 58.8 Å². The Kier molecular flexibility index (Phi) is 14.9. The first-order chi connectivity index (χ1) is 23.1. The number of nitrogens with zero attached hydrogens (tertiary/aromatic N) is 1. The van der Waals surface area contributed by atoms with Crippen LogP contribution in [0.5, 0.6) is 0 Å². The number of ketones is 1. The number of hydrogen-bond acceptors (Lipinski definition) is 13. The zero-order valence-electron chi connectivity index (χ0n) is 32.3. The molecule has 3 aliphatic heterocycles.